The van der Waals surface area contributed by atoms with Gasteiger partial charge in [0, 0.05) is 13.0 Å². The van der Waals surface area contributed by atoms with Crippen molar-refractivity contribution in [2.45, 2.75) is 39.8 Å². The summed E-state index contributed by atoms with van der Waals surface area (Å²) in [7, 11) is 0. The van der Waals surface area contributed by atoms with E-state index in [1.165, 1.54) is 0 Å². The Bertz CT molecular complexity index is 335. The molecule has 0 radical (unpaired) electrons. The maximum atomic E-state index is 11.3. The van der Waals surface area contributed by atoms with E-state index in [0.717, 1.165) is 18.7 Å². The average molecular weight is 230 g/mol. The van der Waals surface area contributed by atoms with Crippen LogP contribution in [0.1, 0.15) is 32.4 Å². The summed E-state index contributed by atoms with van der Waals surface area (Å²) in [5.41, 5.74) is 0.864. The molecule has 5 heteroatoms. The summed E-state index contributed by atoms with van der Waals surface area (Å²) in [6.07, 6.45) is 3.01. The number of halogens is 1. The minimum Gasteiger partial charge on any atom is -0.350 e. The first-order valence-corrected chi connectivity index (χ1v) is 5.53. The van der Waals surface area contributed by atoms with E-state index in [4.69, 9.17) is 11.6 Å². The summed E-state index contributed by atoms with van der Waals surface area (Å²) < 4.78 is 1.79. The van der Waals surface area contributed by atoms with Gasteiger partial charge in [0.25, 0.3) is 0 Å². The van der Waals surface area contributed by atoms with E-state index in [-0.39, 0.29) is 5.91 Å². The van der Waals surface area contributed by atoms with Gasteiger partial charge in [-0.3, -0.25) is 9.48 Å². The van der Waals surface area contributed by atoms with Crippen molar-refractivity contribution in [2.75, 3.05) is 0 Å². The third kappa shape index (κ3) is 3.23. The van der Waals surface area contributed by atoms with Gasteiger partial charge in [-0.25, -0.2) is 0 Å². The highest BCUT2D eigenvalue weighted by Gasteiger charge is 2.08. The van der Waals surface area contributed by atoms with Crippen LogP contribution in [0, 0.1) is 0 Å². The minimum atomic E-state index is 0.0532. The molecule has 0 aliphatic carbocycles. The molecule has 1 aromatic heterocycles. The van der Waals surface area contributed by atoms with Crippen LogP contribution in [0.4, 0.5) is 0 Å². The lowest BCUT2D eigenvalue weighted by Crippen LogP contribution is -2.24. The molecular formula is C10H16ClN3O. The molecule has 1 rings (SSSR count). The lowest BCUT2D eigenvalue weighted by atomic mass is 10.3. The first kappa shape index (κ1) is 12.0. The van der Waals surface area contributed by atoms with Crippen LogP contribution in [0.3, 0.4) is 0 Å². The zero-order chi connectivity index (χ0) is 11.3. The normalized spacial score (nSPS) is 10.3. The molecule has 0 unspecified atom stereocenters. The predicted molar refractivity (Wildman–Crippen MR) is 59.7 cm³/mol. The van der Waals surface area contributed by atoms with Gasteiger partial charge in [-0.15, -0.1) is 0 Å². The van der Waals surface area contributed by atoms with Crippen LogP contribution < -0.4 is 5.32 Å². The van der Waals surface area contributed by atoms with E-state index >= 15 is 0 Å². The molecule has 1 heterocycles. The SMILES string of the molecule is CCCC(=O)NCc1c(Cl)cnn1CC. The molecular weight excluding hydrogens is 214 g/mol. The lowest BCUT2D eigenvalue weighted by molar-refractivity contribution is -0.121. The smallest absolute Gasteiger partial charge is 0.220 e. The van der Waals surface area contributed by atoms with E-state index in [9.17, 15) is 4.79 Å². The van der Waals surface area contributed by atoms with Crippen LogP contribution >= 0.6 is 11.6 Å². The minimum absolute atomic E-state index is 0.0532. The van der Waals surface area contributed by atoms with E-state index in [2.05, 4.69) is 10.4 Å². The first-order valence-electron chi connectivity index (χ1n) is 5.15. The van der Waals surface area contributed by atoms with Crippen LogP contribution in [0.5, 0.6) is 0 Å². The van der Waals surface area contributed by atoms with Gasteiger partial charge in [-0.1, -0.05) is 18.5 Å². The lowest BCUT2D eigenvalue weighted by Gasteiger charge is -2.07. The summed E-state index contributed by atoms with van der Waals surface area (Å²) in [5, 5.41) is 7.51. The Hall–Kier alpha value is -1.03. The molecule has 1 amide bonds. The largest absolute Gasteiger partial charge is 0.350 e. The number of carbonyl (C=O) groups excluding carboxylic acids is 1. The van der Waals surface area contributed by atoms with Crippen LogP contribution in [-0.4, -0.2) is 15.7 Å². The van der Waals surface area contributed by atoms with Crippen LogP contribution in [0.15, 0.2) is 6.20 Å². The number of hydrogen-bond acceptors (Lipinski definition) is 2. The standard InChI is InChI=1S/C10H16ClN3O/c1-3-5-10(15)12-7-9-8(11)6-13-14(9)4-2/h6H,3-5,7H2,1-2H3,(H,12,15). The summed E-state index contributed by atoms with van der Waals surface area (Å²) >= 11 is 5.95. The Balaban J connectivity index is 2.56. The fraction of sp³-hybridized carbons (Fsp3) is 0.600. The molecule has 0 bridgehead atoms. The van der Waals surface area contributed by atoms with Crippen molar-refractivity contribution in [1.29, 1.82) is 0 Å². The number of hydrogen-bond donors (Lipinski definition) is 1. The molecule has 0 aliphatic rings. The quantitative estimate of drug-likeness (QED) is 0.839. The number of nitrogens with one attached hydrogen (secondary N) is 1. The molecule has 0 atom stereocenters. The Labute approximate surface area is 94.6 Å². The molecule has 1 aromatic rings. The second-order valence-electron chi connectivity index (χ2n) is 3.28. The molecule has 1 N–H and O–H groups in total. The number of nitrogens with zero attached hydrogens (tertiary/aromatic N) is 2. The number of aromatic nitrogens is 2. The Morgan fingerprint density at radius 2 is 2.33 bits per heavy atom. The molecule has 0 spiro atoms. The first-order chi connectivity index (χ1) is 7.19. The molecule has 0 saturated carbocycles. The number of amides is 1. The van der Waals surface area contributed by atoms with E-state index in [1.54, 1.807) is 10.9 Å². The number of aryl methyl sites for hydroxylation is 1. The topological polar surface area (TPSA) is 46.9 Å². The molecule has 15 heavy (non-hydrogen) atoms. The van der Waals surface area contributed by atoms with Crippen molar-refractivity contribution in [3.63, 3.8) is 0 Å². The van der Waals surface area contributed by atoms with Gasteiger partial charge in [-0.05, 0) is 13.3 Å². The number of carbonyl (C=O) groups is 1. The van der Waals surface area contributed by atoms with Crippen molar-refractivity contribution in [3.8, 4) is 0 Å². The fourth-order valence-electron chi connectivity index (χ4n) is 1.33. The Kier molecular flexibility index (Phi) is 4.62. The molecule has 0 aromatic carbocycles. The van der Waals surface area contributed by atoms with Gasteiger partial charge in [0.1, 0.15) is 0 Å². The van der Waals surface area contributed by atoms with Gasteiger partial charge in [0.15, 0.2) is 0 Å². The third-order valence-electron chi connectivity index (χ3n) is 2.13. The van der Waals surface area contributed by atoms with Crippen molar-refractivity contribution in [2.24, 2.45) is 0 Å². The highest BCUT2D eigenvalue weighted by atomic mass is 35.5. The van der Waals surface area contributed by atoms with Crippen LogP contribution in [-0.2, 0) is 17.9 Å². The fourth-order valence-corrected chi connectivity index (χ4v) is 1.54. The zero-order valence-corrected chi connectivity index (χ0v) is 9.84. The monoisotopic (exact) mass is 229 g/mol. The van der Waals surface area contributed by atoms with Crippen LogP contribution in [0.25, 0.3) is 0 Å². The van der Waals surface area contributed by atoms with Gasteiger partial charge in [-0.2, -0.15) is 5.10 Å². The molecule has 0 fully saturated rings. The molecule has 0 saturated heterocycles. The highest BCUT2D eigenvalue weighted by molar-refractivity contribution is 6.31. The van der Waals surface area contributed by atoms with Gasteiger partial charge < -0.3 is 5.32 Å². The Morgan fingerprint density at radius 1 is 1.60 bits per heavy atom. The predicted octanol–water partition coefficient (Wildman–Crippen LogP) is 1.97. The van der Waals surface area contributed by atoms with Gasteiger partial charge >= 0.3 is 0 Å². The maximum absolute atomic E-state index is 11.3. The summed E-state index contributed by atoms with van der Waals surface area (Å²) in [5.74, 6) is 0.0532. The Morgan fingerprint density at radius 3 is 2.93 bits per heavy atom. The summed E-state index contributed by atoms with van der Waals surface area (Å²) in [6.45, 7) is 5.17. The van der Waals surface area contributed by atoms with Crippen LogP contribution in [0.2, 0.25) is 5.02 Å². The van der Waals surface area contributed by atoms with Gasteiger partial charge in [0.05, 0.1) is 23.5 Å². The average Bonchev–Trinajstić information content (AvgIpc) is 2.57. The van der Waals surface area contributed by atoms with Crippen molar-refractivity contribution < 1.29 is 4.79 Å². The summed E-state index contributed by atoms with van der Waals surface area (Å²) in [4.78, 5) is 11.3. The van der Waals surface area contributed by atoms with E-state index in [0.29, 0.717) is 18.0 Å². The second kappa shape index (κ2) is 5.75. The van der Waals surface area contributed by atoms with Crippen molar-refractivity contribution in [3.05, 3.63) is 16.9 Å². The second-order valence-corrected chi connectivity index (χ2v) is 3.69. The molecule has 0 aliphatic heterocycles. The third-order valence-corrected chi connectivity index (χ3v) is 2.44. The maximum Gasteiger partial charge on any atom is 0.220 e. The van der Waals surface area contributed by atoms with E-state index in [1.807, 2.05) is 13.8 Å². The van der Waals surface area contributed by atoms with Gasteiger partial charge in [0.2, 0.25) is 5.91 Å². The highest BCUT2D eigenvalue weighted by Crippen LogP contribution is 2.14. The molecule has 84 valence electrons. The van der Waals surface area contributed by atoms with Crippen molar-refractivity contribution in [1.82, 2.24) is 15.1 Å². The molecule has 4 nitrogen and oxygen atoms in total. The number of rotatable bonds is 5. The summed E-state index contributed by atoms with van der Waals surface area (Å²) in [6, 6.07) is 0. The van der Waals surface area contributed by atoms with Crippen molar-refractivity contribution >= 4 is 17.5 Å². The zero-order valence-electron chi connectivity index (χ0n) is 9.09. The van der Waals surface area contributed by atoms with E-state index < -0.39 is 0 Å².